The molecule has 0 aliphatic carbocycles. The van der Waals surface area contributed by atoms with E-state index in [9.17, 15) is 0 Å². The maximum atomic E-state index is 4.27. The minimum Gasteiger partial charge on any atom is -0.373 e. The van der Waals surface area contributed by atoms with Crippen LogP contribution in [0.5, 0.6) is 0 Å². The fourth-order valence-corrected chi connectivity index (χ4v) is 2.39. The lowest BCUT2D eigenvalue weighted by Crippen LogP contribution is -2.11. The molecule has 0 unspecified atom stereocenters. The molecule has 84 valence electrons. The topological polar surface area (TPSA) is 41.0 Å². The second kappa shape index (κ2) is 4.49. The zero-order valence-electron chi connectivity index (χ0n) is 9.56. The molecule has 2 rings (SSSR count). The van der Waals surface area contributed by atoms with Crippen LogP contribution in [0.2, 0.25) is 0 Å². The van der Waals surface area contributed by atoms with Crippen LogP contribution in [0.4, 0.5) is 16.6 Å². The summed E-state index contributed by atoms with van der Waals surface area (Å²) in [6.45, 7) is 2.10. The van der Waals surface area contributed by atoms with Crippen LogP contribution < -0.4 is 10.2 Å². The Morgan fingerprint density at radius 1 is 1.38 bits per heavy atom. The summed E-state index contributed by atoms with van der Waals surface area (Å²) in [6, 6.07) is 4.04. The van der Waals surface area contributed by atoms with E-state index in [1.807, 2.05) is 20.2 Å². The molecule has 0 aliphatic rings. The highest BCUT2D eigenvalue weighted by molar-refractivity contribution is 7.14. The lowest BCUT2D eigenvalue weighted by atomic mass is 10.3. The van der Waals surface area contributed by atoms with Gasteiger partial charge in [-0.15, -0.1) is 11.3 Å². The maximum absolute atomic E-state index is 4.27. The third-order valence-electron chi connectivity index (χ3n) is 2.39. The van der Waals surface area contributed by atoms with Gasteiger partial charge in [0.05, 0.1) is 5.00 Å². The third-order valence-corrected chi connectivity index (χ3v) is 3.48. The number of nitrogens with zero attached hydrogens (tertiary/aromatic N) is 3. The molecule has 5 heteroatoms. The number of aromatic nitrogens is 2. The molecule has 2 aromatic rings. The molecule has 0 fully saturated rings. The molecule has 16 heavy (non-hydrogen) atoms. The molecule has 0 amide bonds. The molecule has 0 radical (unpaired) electrons. The highest BCUT2D eigenvalue weighted by Gasteiger charge is 2.09. The molecule has 2 aromatic heterocycles. The van der Waals surface area contributed by atoms with Crippen LogP contribution in [0, 0.1) is 6.92 Å². The lowest BCUT2D eigenvalue weighted by Gasteiger charge is -2.17. The Labute approximate surface area is 99.0 Å². The summed E-state index contributed by atoms with van der Waals surface area (Å²) in [5.41, 5.74) is 1.26. The molecule has 0 saturated heterocycles. The first-order valence-corrected chi connectivity index (χ1v) is 5.88. The molecule has 0 bridgehead atoms. The van der Waals surface area contributed by atoms with E-state index in [1.165, 1.54) is 10.6 Å². The average Bonchev–Trinajstić information content (AvgIpc) is 2.74. The van der Waals surface area contributed by atoms with E-state index in [-0.39, 0.29) is 0 Å². The van der Waals surface area contributed by atoms with Gasteiger partial charge in [-0.3, -0.25) is 0 Å². The Balaban J connectivity index is 2.33. The van der Waals surface area contributed by atoms with Crippen molar-refractivity contribution in [2.45, 2.75) is 6.92 Å². The van der Waals surface area contributed by atoms with E-state index >= 15 is 0 Å². The largest absolute Gasteiger partial charge is 0.373 e. The lowest BCUT2D eigenvalue weighted by molar-refractivity contribution is 1.08. The van der Waals surface area contributed by atoms with Crippen molar-refractivity contribution in [3.63, 3.8) is 0 Å². The normalized spacial score (nSPS) is 10.2. The van der Waals surface area contributed by atoms with Crippen LogP contribution in [-0.4, -0.2) is 24.1 Å². The Bertz CT molecular complexity index is 480. The molecule has 0 aliphatic heterocycles. The van der Waals surface area contributed by atoms with Crippen LogP contribution >= 0.6 is 11.3 Å². The van der Waals surface area contributed by atoms with Gasteiger partial charge >= 0.3 is 0 Å². The predicted octanol–water partition coefficient (Wildman–Crippen LogP) is 2.66. The van der Waals surface area contributed by atoms with Gasteiger partial charge in [-0.2, -0.15) is 0 Å². The Morgan fingerprint density at radius 3 is 2.81 bits per heavy atom. The van der Waals surface area contributed by atoms with Crippen LogP contribution in [-0.2, 0) is 0 Å². The Kier molecular flexibility index (Phi) is 3.05. The highest BCUT2D eigenvalue weighted by atomic mass is 32.1. The van der Waals surface area contributed by atoms with Gasteiger partial charge in [0, 0.05) is 20.2 Å². The van der Waals surface area contributed by atoms with Gasteiger partial charge in [0.2, 0.25) is 0 Å². The number of thiophene rings is 1. The first kappa shape index (κ1) is 10.9. The molecular weight excluding hydrogens is 220 g/mol. The molecule has 1 N–H and O–H groups in total. The molecular formula is C11H14N4S. The number of aryl methyl sites for hydroxylation is 1. The van der Waals surface area contributed by atoms with Gasteiger partial charge in [0.15, 0.2) is 0 Å². The van der Waals surface area contributed by atoms with Gasteiger partial charge in [0.25, 0.3) is 0 Å². The number of hydrogen-bond acceptors (Lipinski definition) is 5. The van der Waals surface area contributed by atoms with E-state index in [1.54, 1.807) is 17.7 Å². The predicted molar refractivity (Wildman–Crippen MR) is 68.7 cm³/mol. The fourth-order valence-electron chi connectivity index (χ4n) is 1.48. The van der Waals surface area contributed by atoms with E-state index in [0.717, 1.165) is 11.6 Å². The summed E-state index contributed by atoms with van der Waals surface area (Å²) >= 11 is 1.71. The standard InChI is InChI=1S/C11H14N4S/c1-8-4-5-16-11(8)15(3)10-6-9(12-2)13-7-14-10/h4-7H,1-3H3,(H,12,13,14). The van der Waals surface area contributed by atoms with E-state index < -0.39 is 0 Å². The number of rotatable bonds is 3. The van der Waals surface area contributed by atoms with Crippen LogP contribution in [0.15, 0.2) is 23.8 Å². The SMILES string of the molecule is CNc1cc(N(C)c2sccc2C)ncn1. The Hall–Kier alpha value is -1.62. The molecule has 2 heterocycles. The minimum absolute atomic E-state index is 0.825. The van der Waals surface area contributed by atoms with E-state index in [2.05, 4.69) is 38.6 Å². The first-order valence-electron chi connectivity index (χ1n) is 5.00. The molecule has 0 aromatic carbocycles. The Morgan fingerprint density at radius 2 is 2.19 bits per heavy atom. The van der Waals surface area contributed by atoms with Crippen molar-refractivity contribution in [1.29, 1.82) is 0 Å². The zero-order chi connectivity index (χ0) is 11.5. The quantitative estimate of drug-likeness (QED) is 0.886. The number of anilines is 3. The highest BCUT2D eigenvalue weighted by Crippen LogP contribution is 2.30. The van der Waals surface area contributed by atoms with Crippen molar-refractivity contribution in [2.75, 3.05) is 24.3 Å². The summed E-state index contributed by atoms with van der Waals surface area (Å²) in [5, 5.41) is 6.30. The van der Waals surface area contributed by atoms with Crippen LogP contribution in [0.3, 0.4) is 0 Å². The second-order valence-corrected chi connectivity index (χ2v) is 4.37. The minimum atomic E-state index is 0.825. The van der Waals surface area contributed by atoms with Gasteiger partial charge in [-0.1, -0.05) is 0 Å². The fraction of sp³-hybridized carbons (Fsp3) is 0.273. The average molecular weight is 234 g/mol. The van der Waals surface area contributed by atoms with Gasteiger partial charge in [0.1, 0.15) is 18.0 Å². The van der Waals surface area contributed by atoms with Crippen molar-refractivity contribution in [2.24, 2.45) is 0 Å². The molecule has 0 spiro atoms. The first-order chi connectivity index (χ1) is 7.72. The van der Waals surface area contributed by atoms with Crippen LogP contribution in [0.1, 0.15) is 5.56 Å². The van der Waals surface area contributed by atoms with Crippen molar-refractivity contribution in [1.82, 2.24) is 9.97 Å². The van der Waals surface area contributed by atoms with Crippen LogP contribution in [0.25, 0.3) is 0 Å². The summed E-state index contributed by atoms with van der Waals surface area (Å²) < 4.78 is 0. The monoisotopic (exact) mass is 234 g/mol. The maximum Gasteiger partial charge on any atom is 0.138 e. The summed E-state index contributed by atoms with van der Waals surface area (Å²) in [6.07, 6.45) is 1.57. The van der Waals surface area contributed by atoms with Gasteiger partial charge in [-0.05, 0) is 23.9 Å². The van der Waals surface area contributed by atoms with E-state index in [4.69, 9.17) is 0 Å². The zero-order valence-corrected chi connectivity index (χ0v) is 10.4. The summed E-state index contributed by atoms with van der Waals surface area (Å²) in [7, 11) is 3.86. The molecule has 0 atom stereocenters. The molecule has 0 saturated carbocycles. The smallest absolute Gasteiger partial charge is 0.138 e. The van der Waals surface area contributed by atoms with Gasteiger partial charge in [-0.25, -0.2) is 9.97 Å². The van der Waals surface area contributed by atoms with E-state index in [0.29, 0.717) is 0 Å². The van der Waals surface area contributed by atoms with Crippen molar-refractivity contribution < 1.29 is 0 Å². The van der Waals surface area contributed by atoms with Crippen molar-refractivity contribution >= 4 is 28.0 Å². The third kappa shape index (κ3) is 1.99. The van der Waals surface area contributed by atoms with Crippen molar-refractivity contribution in [3.05, 3.63) is 29.4 Å². The number of nitrogens with one attached hydrogen (secondary N) is 1. The second-order valence-electron chi connectivity index (χ2n) is 3.48. The van der Waals surface area contributed by atoms with Crippen molar-refractivity contribution in [3.8, 4) is 0 Å². The summed E-state index contributed by atoms with van der Waals surface area (Å²) in [4.78, 5) is 10.4. The van der Waals surface area contributed by atoms with Gasteiger partial charge < -0.3 is 10.2 Å². The molecule has 4 nitrogen and oxygen atoms in total. The number of hydrogen-bond donors (Lipinski definition) is 1. The summed E-state index contributed by atoms with van der Waals surface area (Å²) in [5.74, 6) is 1.72.